The van der Waals surface area contributed by atoms with E-state index in [4.69, 9.17) is 0 Å². The molecule has 1 aliphatic carbocycles. The molecule has 1 saturated carbocycles. The van der Waals surface area contributed by atoms with Crippen molar-refractivity contribution in [3.05, 3.63) is 62.6 Å². The molecule has 0 radical (unpaired) electrons. The lowest BCUT2D eigenvalue weighted by Crippen LogP contribution is -2.19. The van der Waals surface area contributed by atoms with Gasteiger partial charge in [-0.15, -0.1) is 0 Å². The van der Waals surface area contributed by atoms with Crippen LogP contribution in [0.15, 0.2) is 45.2 Å². The first kappa shape index (κ1) is 17.5. The molecular formula is C21H16FN5O2S. The number of amidine groups is 1. The fourth-order valence-corrected chi connectivity index (χ4v) is 5.00. The van der Waals surface area contributed by atoms with Gasteiger partial charge in [0.2, 0.25) is 5.43 Å². The summed E-state index contributed by atoms with van der Waals surface area (Å²) in [5.74, 6) is 0.229. The SMILES string of the molecule is O=c1[nH]sc2c1c(=O)c1cc(F)c(-c3cncc(C4=NCCN4)c3)cc1n2C1CC1. The van der Waals surface area contributed by atoms with Crippen molar-refractivity contribution in [2.75, 3.05) is 13.1 Å². The van der Waals surface area contributed by atoms with E-state index in [9.17, 15) is 9.59 Å². The normalized spacial score (nSPS) is 16.2. The van der Waals surface area contributed by atoms with Crippen molar-refractivity contribution in [1.82, 2.24) is 19.2 Å². The number of benzene rings is 1. The number of aliphatic imine (C=N–C) groups is 1. The lowest BCUT2D eigenvalue weighted by Gasteiger charge is -2.14. The van der Waals surface area contributed by atoms with Crippen molar-refractivity contribution >= 4 is 38.5 Å². The van der Waals surface area contributed by atoms with Crippen LogP contribution in [-0.4, -0.2) is 32.8 Å². The zero-order valence-corrected chi connectivity index (χ0v) is 16.6. The highest BCUT2D eigenvalue weighted by Gasteiger charge is 2.29. The summed E-state index contributed by atoms with van der Waals surface area (Å²) in [4.78, 5) is 34.4. The van der Waals surface area contributed by atoms with E-state index in [1.807, 2.05) is 10.6 Å². The number of aromatic amines is 1. The number of rotatable bonds is 3. The van der Waals surface area contributed by atoms with Crippen LogP contribution in [0, 0.1) is 5.82 Å². The Balaban J connectivity index is 1.64. The van der Waals surface area contributed by atoms with Crippen LogP contribution < -0.4 is 16.3 Å². The lowest BCUT2D eigenvalue weighted by atomic mass is 10.0. The van der Waals surface area contributed by atoms with Gasteiger partial charge in [-0.1, -0.05) is 0 Å². The number of nitrogens with one attached hydrogen (secondary N) is 2. The van der Waals surface area contributed by atoms with Gasteiger partial charge in [0.05, 0.1) is 12.1 Å². The van der Waals surface area contributed by atoms with Crippen LogP contribution in [0.4, 0.5) is 4.39 Å². The second-order valence-corrected chi connectivity index (χ2v) is 8.41. The molecule has 0 unspecified atom stereocenters. The molecule has 1 fully saturated rings. The molecule has 9 heteroatoms. The Morgan fingerprint density at radius 1 is 1.13 bits per heavy atom. The summed E-state index contributed by atoms with van der Waals surface area (Å²) >= 11 is 1.16. The minimum atomic E-state index is -0.520. The van der Waals surface area contributed by atoms with E-state index in [2.05, 4.69) is 19.7 Å². The standard InChI is InChI=1S/C21H16FN5O2S/c22-15-6-14-16(27(12-1-2-12)21-17(18(14)28)20(29)26-30-21)7-13(15)10-5-11(9-23-8-10)19-24-3-4-25-19/h5-9,12H,1-4H2,(H,24,25)(H,26,29). The van der Waals surface area contributed by atoms with Crippen LogP contribution in [-0.2, 0) is 0 Å². The third kappa shape index (κ3) is 2.55. The van der Waals surface area contributed by atoms with Crippen molar-refractivity contribution < 1.29 is 4.39 Å². The number of pyridine rings is 2. The van der Waals surface area contributed by atoms with E-state index in [1.165, 1.54) is 6.07 Å². The van der Waals surface area contributed by atoms with Gasteiger partial charge in [-0.25, -0.2) is 4.39 Å². The third-order valence-corrected chi connectivity index (χ3v) is 6.51. The minimum absolute atomic E-state index is 0.112. The summed E-state index contributed by atoms with van der Waals surface area (Å²) in [5, 5.41) is 3.54. The number of nitrogens with zero attached hydrogens (tertiary/aromatic N) is 3. The molecule has 2 N–H and O–H groups in total. The van der Waals surface area contributed by atoms with Crippen LogP contribution in [0.2, 0.25) is 0 Å². The zero-order valence-electron chi connectivity index (χ0n) is 15.7. The van der Waals surface area contributed by atoms with Gasteiger partial charge in [-0.05, 0) is 42.6 Å². The molecule has 0 amide bonds. The first-order chi connectivity index (χ1) is 14.6. The van der Waals surface area contributed by atoms with E-state index >= 15 is 4.39 Å². The van der Waals surface area contributed by atoms with E-state index in [1.54, 1.807) is 18.5 Å². The van der Waals surface area contributed by atoms with E-state index in [0.717, 1.165) is 42.3 Å². The average Bonchev–Trinajstić information content (AvgIpc) is 3.28. The van der Waals surface area contributed by atoms with Crippen molar-refractivity contribution in [2.45, 2.75) is 18.9 Å². The Hall–Kier alpha value is -3.33. The maximum atomic E-state index is 15.2. The summed E-state index contributed by atoms with van der Waals surface area (Å²) in [6, 6.07) is 5.02. The molecule has 150 valence electrons. The van der Waals surface area contributed by atoms with Crippen LogP contribution in [0.25, 0.3) is 32.2 Å². The largest absolute Gasteiger partial charge is 0.368 e. The third-order valence-electron chi connectivity index (χ3n) is 5.63. The number of hydrogen-bond acceptors (Lipinski definition) is 6. The summed E-state index contributed by atoms with van der Waals surface area (Å²) in [7, 11) is 0. The van der Waals surface area contributed by atoms with Crippen molar-refractivity contribution in [2.24, 2.45) is 4.99 Å². The number of aromatic nitrogens is 3. The van der Waals surface area contributed by atoms with Gasteiger partial charge in [0.1, 0.15) is 21.9 Å². The monoisotopic (exact) mass is 421 g/mol. The minimum Gasteiger partial charge on any atom is -0.368 e. The molecular weight excluding hydrogens is 405 g/mol. The van der Waals surface area contributed by atoms with Gasteiger partial charge >= 0.3 is 0 Å². The molecule has 1 aromatic carbocycles. The molecule has 4 aromatic rings. The number of H-pyrrole nitrogens is 1. The first-order valence-corrected chi connectivity index (χ1v) is 10.6. The van der Waals surface area contributed by atoms with Crippen LogP contribution in [0.5, 0.6) is 0 Å². The predicted octanol–water partition coefficient (Wildman–Crippen LogP) is 2.79. The van der Waals surface area contributed by atoms with Crippen LogP contribution in [0.3, 0.4) is 0 Å². The van der Waals surface area contributed by atoms with Crippen LogP contribution >= 0.6 is 11.5 Å². The van der Waals surface area contributed by atoms with Gasteiger partial charge < -0.3 is 9.88 Å². The van der Waals surface area contributed by atoms with Crippen molar-refractivity contribution in [3.8, 4) is 11.1 Å². The fraction of sp³-hybridized carbons (Fsp3) is 0.238. The highest BCUT2D eigenvalue weighted by molar-refractivity contribution is 7.12. The van der Waals surface area contributed by atoms with Gasteiger partial charge in [0.25, 0.3) is 5.56 Å². The molecule has 0 atom stereocenters. The fourth-order valence-electron chi connectivity index (χ4n) is 4.08. The highest BCUT2D eigenvalue weighted by atomic mass is 32.1. The number of hydrogen-bond donors (Lipinski definition) is 2. The van der Waals surface area contributed by atoms with E-state index in [-0.39, 0.29) is 16.8 Å². The summed E-state index contributed by atoms with van der Waals surface area (Å²) in [6.45, 7) is 1.47. The molecule has 7 nitrogen and oxygen atoms in total. The topological polar surface area (TPSA) is 92.1 Å². The molecule has 0 saturated heterocycles. The maximum Gasteiger partial charge on any atom is 0.271 e. The predicted molar refractivity (Wildman–Crippen MR) is 115 cm³/mol. The van der Waals surface area contributed by atoms with Gasteiger partial charge in [0.15, 0.2) is 0 Å². The molecule has 0 bridgehead atoms. The smallest absolute Gasteiger partial charge is 0.271 e. The van der Waals surface area contributed by atoms with E-state index in [0.29, 0.717) is 28.0 Å². The van der Waals surface area contributed by atoms with Crippen LogP contribution in [0.1, 0.15) is 24.4 Å². The van der Waals surface area contributed by atoms with Gasteiger partial charge in [-0.3, -0.25) is 23.9 Å². The molecule has 4 heterocycles. The van der Waals surface area contributed by atoms with Gasteiger partial charge in [-0.2, -0.15) is 0 Å². The molecule has 6 rings (SSSR count). The summed E-state index contributed by atoms with van der Waals surface area (Å²) in [6.07, 6.45) is 5.24. The number of fused-ring (bicyclic) bond motifs is 2. The van der Waals surface area contributed by atoms with Crippen molar-refractivity contribution in [3.63, 3.8) is 0 Å². The lowest BCUT2D eigenvalue weighted by molar-refractivity contribution is 0.632. The second-order valence-electron chi connectivity index (χ2n) is 7.61. The molecule has 0 spiro atoms. The Labute approximate surface area is 173 Å². The average molecular weight is 421 g/mol. The highest BCUT2D eigenvalue weighted by Crippen LogP contribution is 2.40. The molecule has 2 aliphatic rings. The zero-order chi connectivity index (χ0) is 20.4. The Bertz CT molecular complexity index is 1500. The molecule has 3 aromatic heterocycles. The van der Waals surface area contributed by atoms with Gasteiger partial charge in [0, 0.05) is 47.1 Å². The first-order valence-electron chi connectivity index (χ1n) is 9.75. The molecule has 1 aliphatic heterocycles. The Morgan fingerprint density at radius 3 is 2.73 bits per heavy atom. The van der Waals surface area contributed by atoms with E-state index < -0.39 is 16.8 Å². The molecule has 30 heavy (non-hydrogen) atoms. The Morgan fingerprint density at radius 2 is 1.97 bits per heavy atom. The van der Waals surface area contributed by atoms with Crippen molar-refractivity contribution in [1.29, 1.82) is 0 Å². The quantitative estimate of drug-likeness (QED) is 0.532. The maximum absolute atomic E-state index is 15.2. The second kappa shape index (κ2) is 6.33. The number of halogens is 1. The summed E-state index contributed by atoms with van der Waals surface area (Å²) in [5.41, 5.74) is 1.57. The Kier molecular flexibility index (Phi) is 3.70. The summed E-state index contributed by atoms with van der Waals surface area (Å²) < 4.78 is 19.8.